The van der Waals surface area contributed by atoms with Gasteiger partial charge in [-0.2, -0.15) is 0 Å². The van der Waals surface area contributed by atoms with Crippen molar-refractivity contribution in [1.82, 2.24) is 0 Å². The number of Topliss-reactive ketones (excluding diaryl/α,β-unsaturated/α-hetero) is 2. The van der Waals surface area contributed by atoms with Crippen LogP contribution < -0.4 is 0 Å². The Bertz CT molecular complexity index is 469. The van der Waals surface area contributed by atoms with Crippen LogP contribution in [0.2, 0.25) is 0 Å². The van der Waals surface area contributed by atoms with Crippen LogP contribution in [-0.2, 0) is 9.59 Å². The number of carbonyl (C=O) groups excluding carboxylic acids is 2. The molecule has 4 atom stereocenters. The first-order chi connectivity index (χ1) is 7.48. The van der Waals surface area contributed by atoms with E-state index in [4.69, 9.17) is 0 Å². The molecule has 84 valence electrons. The first-order valence-corrected chi connectivity index (χ1v) is 5.92. The third kappa shape index (κ3) is 0.853. The molecule has 0 N–H and O–H groups in total. The zero-order valence-electron chi connectivity index (χ0n) is 9.91. The maximum Gasteiger partial charge on any atom is 0.166 e. The fourth-order valence-corrected chi connectivity index (χ4v) is 3.86. The molecule has 1 saturated carbocycles. The summed E-state index contributed by atoms with van der Waals surface area (Å²) in [6.45, 7) is 5.58. The molecule has 2 heteroatoms. The van der Waals surface area contributed by atoms with Gasteiger partial charge in [-0.3, -0.25) is 9.59 Å². The zero-order chi connectivity index (χ0) is 11.7. The largest absolute Gasteiger partial charge is 0.294 e. The predicted octanol–water partition coefficient (Wildman–Crippen LogP) is 2.30. The van der Waals surface area contributed by atoms with Crippen LogP contribution in [0.1, 0.15) is 27.2 Å². The second kappa shape index (κ2) is 2.73. The van der Waals surface area contributed by atoms with Gasteiger partial charge >= 0.3 is 0 Å². The van der Waals surface area contributed by atoms with Crippen molar-refractivity contribution in [3.05, 3.63) is 23.3 Å². The molecule has 0 aromatic heterocycles. The molecule has 1 fully saturated rings. The van der Waals surface area contributed by atoms with E-state index >= 15 is 0 Å². The van der Waals surface area contributed by atoms with E-state index in [-0.39, 0.29) is 23.4 Å². The number of ketones is 2. The molecular weight excluding hydrogens is 200 g/mol. The molecule has 3 aliphatic carbocycles. The molecule has 0 spiro atoms. The maximum atomic E-state index is 12.4. The molecular formula is C14H16O2. The lowest BCUT2D eigenvalue weighted by molar-refractivity contribution is -0.137. The van der Waals surface area contributed by atoms with Crippen LogP contribution in [0.15, 0.2) is 23.3 Å². The van der Waals surface area contributed by atoms with Crippen molar-refractivity contribution in [3.63, 3.8) is 0 Å². The smallest absolute Gasteiger partial charge is 0.166 e. The van der Waals surface area contributed by atoms with Crippen LogP contribution in [0.5, 0.6) is 0 Å². The van der Waals surface area contributed by atoms with Crippen molar-refractivity contribution in [2.24, 2.45) is 23.2 Å². The van der Waals surface area contributed by atoms with Gasteiger partial charge in [0.25, 0.3) is 0 Å². The van der Waals surface area contributed by atoms with E-state index < -0.39 is 5.41 Å². The fourth-order valence-electron chi connectivity index (χ4n) is 3.86. The van der Waals surface area contributed by atoms with E-state index in [9.17, 15) is 9.59 Å². The minimum Gasteiger partial charge on any atom is -0.294 e. The Balaban J connectivity index is 2.22. The van der Waals surface area contributed by atoms with Crippen LogP contribution in [0.4, 0.5) is 0 Å². The SMILES string of the molecule is CC1=C(C)C(=O)C2(C)C3C=CC(C3)C2C1=O. The van der Waals surface area contributed by atoms with Gasteiger partial charge in [-0.1, -0.05) is 19.1 Å². The summed E-state index contributed by atoms with van der Waals surface area (Å²) in [5.41, 5.74) is 0.929. The maximum absolute atomic E-state index is 12.4. The number of rotatable bonds is 0. The Kier molecular flexibility index (Phi) is 1.71. The first-order valence-electron chi connectivity index (χ1n) is 5.92. The quantitative estimate of drug-likeness (QED) is 0.582. The molecule has 0 aromatic carbocycles. The van der Waals surface area contributed by atoms with Crippen LogP contribution in [-0.4, -0.2) is 11.6 Å². The fraction of sp³-hybridized carbons (Fsp3) is 0.571. The van der Waals surface area contributed by atoms with E-state index in [1.54, 1.807) is 13.8 Å². The summed E-state index contributed by atoms with van der Waals surface area (Å²) >= 11 is 0. The Labute approximate surface area is 95.4 Å². The van der Waals surface area contributed by atoms with Crippen molar-refractivity contribution in [2.75, 3.05) is 0 Å². The van der Waals surface area contributed by atoms with Crippen molar-refractivity contribution < 1.29 is 9.59 Å². The van der Waals surface area contributed by atoms with Crippen LogP contribution in [0, 0.1) is 23.2 Å². The van der Waals surface area contributed by atoms with Crippen molar-refractivity contribution in [1.29, 1.82) is 0 Å². The van der Waals surface area contributed by atoms with Gasteiger partial charge in [0.2, 0.25) is 0 Å². The average Bonchev–Trinajstić information content (AvgIpc) is 2.83. The molecule has 3 aliphatic rings. The predicted molar refractivity (Wildman–Crippen MR) is 60.7 cm³/mol. The standard InChI is InChI=1S/C14H16O2/c1-7-8(2)13(16)14(3)10-5-4-9(6-10)11(14)12(7)15/h4-5,9-11H,6H2,1-3H3. The normalized spacial score (nSPS) is 45.6. The van der Waals surface area contributed by atoms with Crippen molar-refractivity contribution in [2.45, 2.75) is 27.2 Å². The summed E-state index contributed by atoms with van der Waals surface area (Å²) in [4.78, 5) is 24.7. The molecule has 0 radical (unpaired) electrons. The average molecular weight is 216 g/mol. The van der Waals surface area contributed by atoms with Gasteiger partial charge < -0.3 is 0 Å². The molecule has 0 saturated heterocycles. The Morgan fingerprint density at radius 3 is 2.56 bits per heavy atom. The lowest BCUT2D eigenvalue weighted by Gasteiger charge is -2.40. The molecule has 0 aliphatic heterocycles. The number of hydrogen-bond donors (Lipinski definition) is 0. The highest BCUT2D eigenvalue weighted by molar-refractivity contribution is 6.15. The summed E-state index contributed by atoms with van der Waals surface area (Å²) in [5, 5.41) is 0. The molecule has 0 amide bonds. The molecule has 2 bridgehead atoms. The number of hydrogen-bond acceptors (Lipinski definition) is 2. The van der Waals surface area contributed by atoms with Gasteiger partial charge in [-0.15, -0.1) is 0 Å². The highest BCUT2D eigenvalue weighted by atomic mass is 16.1. The zero-order valence-corrected chi connectivity index (χ0v) is 9.91. The van der Waals surface area contributed by atoms with Gasteiger partial charge in [0.05, 0.1) is 0 Å². The Morgan fingerprint density at radius 2 is 1.88 bits per heavy atom. The lowest BCUT2D eigenvalue weighted by Crippen LogP contribution is -2.47. The highest BCUT2D eigenvalue weighted by Crippen LogP contribution is 2.59. The third-order valence-electron chi connectivity index (χ3n) is 5.01. The van der Waals surface area contributed by atoms with Crippen LogP contribution >= 0.6 is 0 Å². The number of fused-ring (bicyclic) bond motifs is 5. The molecule has 0 aromatic rings. The summed E-state index contributed by atoms with van der Waals surface area (Å²) in [6.07, 6.45) is 5.26. The molecule has 2 nitrogen and oxygen atoms in total. The summed E-state index contributed by atoms with van der Waals surface area (Å²) < 4.78 is 0. The summed E-state index contributed by atoms with van der Waals surface area (Å²) in [6, 6.07) is 0. The second-order valence-electron chi connectivity index (χ2n) is 5.59. The van der Waals surface area contributed by atoms with E-state index in [0.717, 1.165) is 6.42 Å². The van der Waals surface area contributed by atoms with Gasteiger partial charge in [-0.25, -0.2) is 0 Å². The third-order valence-corrected chi connectivity index (χ3v) is 5.01. The first kappa shape index (κ1) is 10.0. The Hall–Kier alpha value is -1.18. The van der Waals surface area contributed by atoms with Crippen LogP contribution in [0.25, 0.3) is 0 Å². The van der Waals surface area contributed by atoms with E-state index in [1.165, 1.54) is 0 Å². The lowest BCUT2D eigenvalue weighted by atomic mass is 9.60. The van der Waals surface area contributed by atoms with Crippen molar-refractivity contribution >= 4 is 11.6 Å². The topological polar surface area (TPSA) is 34.1 Å². The minimum absolute atomic E-state index is 0.0845. The number of carbonyl (C=O) groups is 2. The molecule has 0 heterocycles. The molecule has 4 unspecified atom stereocenters. The van der Waals surface area contributed by atoms with Gasteiger partial charge in [0.1, 0.15) is 0 Å². The summed E-state index contributed by atoms with van der Waals surface area (Å²) in [7, 11) is 0. The monoisotopic (exact) mass is 216 g/mol. The van der Waals surface area contributed by atoms with Crippen LogP contribution in [0.3, 0.4) is 0 Å². The molecule has 3 rings (SSSR count). The van der Waals surface area contributed by atoms with Gasteiger partial charge in [0.15, 0.2) is 11.6 Å². The number of allylic oxidation sites excluding steroid dienone is 4. The second-order valence-corrected chi connectivity index (χ2v) is 5.59. The van der Waals surface area contributed by atoms with E-state index in [0.29, 0.717) is 17.1 Å². The van der Waals surface area contributed by atoms with Gasteiger partial charge in [0, 0.05) is 11.3 Å². The molecule has 16 heavy (non-hydrogen) atoms. The Morgan fingerprint density at radius 1 is 1.19 bits per heavy atom. The highest BCUT2D eigenvalue weighted by Gasteiger charge is 2.61. The minimum atomic E-state index is -0.444. The van der Waals surface area contributed by atoms with Crippen molar-refractivity contribution in [3.8, 4) is 0 Å². The van der Waals surface area contributed by atoms with Gasteiger partial charge in [-0.05, 0) is 43.3 Å². The summed E-state index contributed by atoms with van der Waals surface area (Å²) in [5.74, 6) is 0.901. The van der Waals surface area contributed by atoms with E-state index in [1.807, 2.05) is 6.92 Å². The van der Waals surface area contributed by atoms with E-state index in [2.05, 4.69) is 12.2 Å².